The van der Waals surface area contributed by atoms with Gasteiger partial charge in [-0.1, -0.05) is 66.2 Å². The van der Waals surface area contributed by atoms with E-state index in [9.17, 15) is 19.5 Å². The monoisotopic (exact) mass is 425 g/mol. The fourth-order valence-electron chi connectivity index (χ4n) is 3.38. The zero-order valence-corrected chi connectivity index (χ0v) is 16.7. The minimum Gasteiger partial charge on any atom is -0.503 e. The molecule has 1 heterocycles. The molecule has 0 radical (unpaired) electrons. The lowest BCUT2D eigenvalue weighted by Crippen LogP contribution is -2.32. The van der Waals surface area contributed by atoms with Gasteiger partial charge >= 0.3 is 5.97 Å². The zero-order chi connectivity index (χ0) is 21.7. The Morgan fingerprint density at radius 1 is 1.07 bits per heavy atom. The number of nitrogens with zero attached hydrogens (tertiary/aromatic N) is 1. The molecule has 1 amide bonds. The molecule has 3 rings (SSSR count). The molecule has 2 N–H and O–H groups in total. The van der Waals surface area contributed by atoms with Gasteiger partial charge in [0.2, 0.25) is 0 Å². The van der Waals surface area contributed by atoms with E-state index in [0.29, 0.717) is 10.6 Å². The number of carbonyl (C=O) groups excluding carboxylic acids is 2. The molecular weight excluding hydrogens is 406 g/mol. The van der Waals surface area contributed by atoms with E-state index >= 15 is 0 Å². The maximum Gasteiger partial charge on any atom is 0.303 e. The topological polar surface area (TPSA) is 94.9 Å². The molecule has 0 spiro atoms. The summed E-state index contributed by atoms with van der Waals surface area (Å²) in [5.41, 5.74) is 1.21. The van der Waals surface area contributed by atoms with Crippen LogP contribution in [0.15, 0.2) is 72.0 Å². The molecule has 0 aromatic heterocycles. The second-order valence-corrected chi connectivity index (χ2v) is 7.20. The van der Waals surface area contributed by atoms with Gasteiger partial charge in [0, 0.05) is 18.0 Å². The van der Waals surface area contributed by atoms with Crippen LogP contribution < -0.4 is 0 Å². The fourth-order valence-corrected chi connectivity index (χ4v) is 3.62. The van der Waals surface area contributed by atoms with E-state index in [1.54, 1.807) is 30.3 Å². The Kier molecular flexibility index (Phi) is 6.69. The van der Waals surface area contributed by atoms with Gasteiger partial charge in [-0.25, -0.2) is 0 Å². The van der Waals surface area contributed by atoms with Gasteiger partial charge in [0.25, 0.3) is 5.91 Å². The summed E-state index contributed by atoms with van der Waals surface area (Å²) < 4.78 is 0. The SMILES string of the molecule is O=C(O)CCCN1C(=O)C(O)=C(C(=O)/C=C/c2ccccc2)[C@@H]1c1ccccc1Cl. The molecular formula is C23H20ClNO5. The van der Waals surface area contributed by atoms with E-state index in [-0.39, 0.29) is 25.0 Å². The Morgan fingerprint density at radius 2 is 1.73 bits per heavy atom. The number of aliphatic carboxylic acids is 1. The molecule has 2 aromatic rings. The van der Waals surface area contributed by atoms with Gasteiger partial charge in [0.15, 0.2) is 11.5 Å². The van der Waals surface area contributed by atoms with Crippen molar-refractivity contribution in [1.29, 1.82) is 0 Å². The number of hydrogen-bond donors (Lipinski definition) is 2. The first-order valence-corrected chi connectivity index (χ1v) is 9.75. The molecule has 0 saturated heterocycles. The highest BCUT2D eigenvalue weighted by Crippen LogP contribution is 2.40. The Bertz CT molecular complexity index is 1030. The van der Waals surface area contributed by atoms with E-state index < -0.39 is 29.5 Å². The number of rotatable bonds is 8. The first-order valence-electron chi connectivity index (χ1n) is 9.38. The van der Waals surface area contributed by atoms with E-state index in [0.717, 1.165) is 5.56 Å². The van der Waals surface area contributed by atoms with Gasteiger partial charge in [0.1, 0.15) is 0 Å². The molecule has 0 fully saturated rings. The second-order valence-electron chi connectivity index (χ2n) is 6.79. The molecule has 0 unspecified atom stereocenters. The van der Waals surface area contributed by atoms with Crippen LogP contribution in [0, 0.1) is 0 Å². The number of aliphatic hydroxyl groups is 1. The average Bonchev–Trinajstić information content (AvgIpc) is 2.98. The highest BCUT2D eigenvalue weighted by atomic mass is 35.5. The Morgan fingerprint density at radius 3 is 2.40 bits per heavy atom. The zero-order valence-electron chi connectivity index (χ0n) is 16.0. The van der Waals surface area contributed by atoms with Gasteiger partial charge in [-0.2, -0.15) is 0 Å². The van der Waals surface area contributed by atoms with Crippen molar-refractivity contribution in [1.82, 2.24) is 4.90 Å². The Labute approximate surface area is 178 Å². The molecule has 1 aliphatic heterocycles. The lowest BCUT2D eigenvalue weighted by Gasteiger charge is -2.27. The Balaban J connectivity index is 1.96. The van der Waals surface area contributed by atoms with Crippen molar-refractivity contribution in [3.8, 4) is 0 Å². The summed E-state index contributed by atoms with van der Waals surface area (Å²) >= 11 is 6.33. The molecule has 1 aliphatic rings. The Hall–Kier alpha value is -3.38. The number of carboxylic acid groups (broad SMARTS) is 1. The van der Waals surface area contributed by atoms with Crippen LogP contribution >= 0.6 is 11.6 Å². The standard InChI is InChI=1S/C23H20ClNO5/c24-17-10-5-4-9-16(17)21-20(18(26)13-12-15-7-2-1-3-8-15)22(29)23(30)25(21)14-6-11-19(27)28/h1-5,7-10,12-13,21,29H,6,11,14H2,(H,27,28)/b13-12+/t21-/m0/s1. The molecule has 30 heavy (non-hydrogen) atoms. The van der Waals surface area contributed by atoms with E-state index in [2.05, 4.69) is 0 Å². The van der Waals surface area contributed by atoms with Crippen molar-refractivity contribution in [2.75, 3.05) is 6.54 Å². The maximum atomic E-state index is 13.0. The summed E-state index contributed by atoms with van der Waals surface area (Å²) in [4.78, 5) is 37.9. The van der Waals surface area contributed by atoms with Crippen molar-refractivity contribution in [2.24, 2.45) is 0 Å². The van der Waals surface area contributed by atoms with E-state index in [1.807, 2.05) is 30.3 Å². The summed E-state index contributed by atoms with van der Waals surface area (Å²) in [7, 11) is 0. The quantitative estimate of drug-likeness (QED) is 0.618. The number of ketones is 1. The summed E-state index contributed by atoms with van der Waals surface area (Å²) in [5, 5.41) is 19.7. The van der Waals surface area contributed by atoms with Crippen molar-refractivity contribution >= 4 is 35.3 Å². The summed E-state index contributed by atoms with van der Waals surface area (Å²) in [6, 6.07) is 15.0. The van der Waals surface area contributed by atoms with Crippen LogP contribution in [0.4, 0.5) is 0 Å². The van der Waals surface area contributed by atoms with Crippen LogP contribution in [-0.2, 0) is 14.4 Å². The van der Waals surface area contributed by atoms with Crippen LogP contribution in [-0.4, -0.2) is 39.3 Å². The second kappa shape index (κ2) is 9.41. The third-order valence-electron chi connectivity index (χ3n) is 4.79. The summed E-state index contributed by atoms with van der Waals surface area (Å²) in [5.74, 6) is -2.87. The summed E-state index contributed by atoms with van der Waals surface area (Å²) in [6.45, 7) is 0.0598. The van der Waals surface area contributed by atoms with Crippen LogP contribution in [0.3, 0.4) is 0 Å². The van der Waals surface area contributed by atoms with Crippen molar-refractivity contribution in [3.05, 3.63) is 88.2 Å². The van der Waals surface area contributed by atoms with Crippen LogP contribution in [0.2, 0.25) is 5.02 Å². The van der Waals surface area contributed by atoms with Gasteiger partial charge in [-0.05, 0) is 29.7 Å². The van der Waals surface area contributed by atoms with Crippen molar-refractivity contribution in [3.63, 3.8) is 0 Å². The third-order valence-corrected chi connectivity index (χ3v) is 5.13. The number of hydrogen-bond acceptors (Lipinski definition) is 4. The van der Waals surface area contributed by atoms with Gasteiger partial charge in [-0.3, -0.25) is 14.4 Å². The van der Waals surface area contributed by atoms with Crippen molar-refractivity contribution < 1.29 is 24.6 Å². The normalized spacial score (nSPS) is 16.5. The minimum absolute atomic E-state index is 0.0598. The predicted molar refractivity (Wildman–Crippen MR) is 113 cm³/mol. The van der Waals surface area contributed by atoms with Crippen LogP contribution in [0.5, 0.6) is 0 Å². The van der Waals surface area contributed by atoms with Gasteiger partial charge < -0.3 is 15.1 Å². The van der Waals surface area contributed by atoms with E-state index in [4.69, 9.17) is 16.7 Å². The molecule has 154 valence electrons. The van der Waals surface area contributed by atoms with Gasteiger partial charge in [0.05, 0.1) is 11.6 Å². The predicted octanol–water partition coefficient (Wildman–Crippen LogP) is 4.18. The number of carbonyl (C=O) groups is 3. The number of allylic oxidation sites excluding steroid dienone is 1. The first kappa shape index (κ1) is 21.3. The molecule has 0 bridgehead atoms. The molecule has 6 nitrogen and oxygen atoms in total. The minimum atomic E-state index is -0.991. The smallest absolute Gasteiger partial charge is 0.303 e. The highest BCUT2D eigenvalue weighted by Gasteiger charge is 2.43. The summed E-state index contributed by atoms with van der Waals surface area (Å²) in [6.07, 6.45) is 2.94. The average molecular weight is 426 g/mol. The highest BCUT2D eigenvalue weighted by molar-refractivity contribution is 6.31. The molecule has 0 aliphatic carbocycles. The maximum absolute atomic E-state index is 13.0. The fraction of sp³-hybridized carbons (Fsp3) is 0.174. The number of aliphatic hydroxyl groups excluding tert-OH is 1. The lowest BCUT2D eigenvalue weighted by atomic mass is 9.95. The largest absolute Gasteiger partial charge is 0.503 e. The molecule has 1 atom stereocenters. The van der Waals surface area contributed by atoms with Crippen LogP contribution in [0.25, 0.3) is 6.08 Å². The number of amides is 1. The third kappa shape index (κ3) is 4.60. The number of halogens is 1. The number of carboxylic acids is 1. The van der Waals surface area contributed by atoms with E-state index in [1.165, 1.54) is 11.0 Å². The van der Waals surface area contributed by atoms with Crippen molar-refractivity contribution in [2.45, 2.75) is 18.9 Å². The number of benzene rings is 2. The van der Waals surface area contributed by atoms with Gasteiger partial charge in [-0.15, -0.1) is 0 Å². The molecule has 2 aromatic carbocycles. The lowest BCUT2D eigenvalue weighted by molar-refractivity contribution is -0.138. The van der Waals surface area contributed by atoms with Crippen LogP contribution in [0.1, 0.15) is 30.0 Å². The first-order chi connectivity index (χ1) is 14.4. The molecule has 7 heteroatoms. The molecule has 0 saturated carbocycles.